The highest BCUT2D eigenvalue weighted by Gasteiger charge is 2.20. The summed E-state index contributed by atoms with van der Waals surface area (Å²) in [5, 5.41) is 6.60. The average molecular weight is 518 g/mol. The van der Waals surface area contributed by atoms with Gasteiger partial charge in [0.05, 0.1) is 6.54 Å². The molecule has 0 bridgehead atoms. The molecule has 0 spiro atoms. The molecule has 0 saturated heterocycles. The molecule has 2 N–H and O–H groups in total. The van der Waals surface area contributed by atoms with Gasteiger partial charge in [-0.2, -0.15) is 0 Å². The lowest BCUT2D eigenvalue weighted by Gasteiger charge is -2.13. The highest BCUT2D eigenvalue weighted by atomic mass is 127. The van der Waals surface area contributed by atoms with Gasteiger partial charge in [-0.1, -0.05) is 12.1 Å². The van der Waals surface area contributed by atoms with Crippen molar-refractivity contribution in [2.45, 2.75) is 32.7 Å². The second-order valence-corrected chi connectivity index (χ2v) is 7.22. The number of hydrogen-bond acceptors (Lipinski definition) is 4. The molecule has 1 aromatic carbocycles. The molecule has 29 heavy (non-hydrogen) atoms. The fraction of sp³-hybridized carbons (Fsp3) is 0.619. The summed E-state index contributed by atoms with van der Waals surface area (Å²) in [6, 6.07) is 7.68. The number of likely N-dealkylation sites (N-methyl/N-ethyl adjacent to an activating group) is 1. The monoisotopic (exact) mass is 518 g/mol. The van der Waals surface area contributed by atoms with Gasteiger partial charge < -0.3 is 25.0 Å². The van der Waals surface area contributed by atoms with Gasteiger partial charge in [0.2, 0.25) is 0 Å². The zero-order valence-corrected chi connectivity index (χ0v) is 20.1. The summed E-state index contributed by atoms with van der Waals surface area (Å²) >= 11 is 0. The van der Waals surface area contributed by atoms with Crippen LogP contribution >= 0.6 is 24.0 Å². The van der Waals surface area contributed by atoms with Crippen LogP contribution in [-0.4, -0.2) is 63.8 Å². The number of rotatable bonds is 12. The number of ether oxygens (including phenoxy) is 2. The van der Waals surface area contributed by atoms with Crippen LogP contribution in [0.4, 0.5) is 0 Å². The standard InChI is InChI=1S/C21H34N4O3.HI/c1-4-22-21(23-11-6-12-27-15-17-9-10-17)24-14-18-7-5-8-19(13-18)28-16-20(26)25(2)3;/h5,7-8,13,17H,4,6,9-12,14-16H2,1-3H3,(H2,22,23,24);1H. The SMILES string of the molecule is CCNC(=NCc1cccc(OCC(=O)N(C)C)c1)NCCCOCC1CC1.I. The van der Waals surface area contributed by atoms with Crippen molar-refractivity contribution >= 4 is 35.8 Å². The highest BCUT2D eigenvalue weighted by Crippen LogP contribution is 2.28. The third-order valence-corrected chi connectivity index (χ3v) is 4.33. The molecule has 0 aromatic heterocycles. The Kier molecular flexibility index (Phi) is 12.7. The van der Waals surface area contributed by atoms with Crippen LogP contribution in [0, 0.1) is 5.92 Å². The van der Waals surface area contributed by atoms with Crippen molar-refractivity contribution in [3.63, 3.8) is 0 Å². The Balaban J connectivity index is 0.00000420. The molecule has 2 rings (SSSR count). The van der Waals surface area contributed by atoms with Crippen LogP contribution < -0.4 is 15.4 Å². The summed E-state index contributed by atoms with van der Waals surface area (Å²) in [5.74, 6) is 2.21. The second kappa shape index (κ2) is 14.4. The molecule has 8 heteroatoms. The van der Waals surface area contributed by atoms with Gasteiger partial charge in [-0.15, -0.1) is 24.0 Å². The van der Waals surface area contributed by atoms with Gasteiger partial charge in [0.25, 0.3) is 5.91 Å². The van der Waals surface area contributed by atoms with Crippen molar-refractivity contribution in [3.8, 4) is 5.75 Å². The number of halogens is 1. The first kappa shape index (κ1) is 25.5. The first-order valence-electron chi connectivity index (χ1n) is 10.1. The van der Waals surface area contributed by atoms with Crippen molar-refractivity contribution in [2.75, 3.05) is 47.0 Å². The predicted octanol–water partition coefficient (Wildman–Crippen LogP) is 2.64. The van der Waals surface area contributed by atoms with Gasteiger partial charge in [0.15, 0.2) is 12.6 Å². The zero-order valence-electron chi connectivity index (χ0n) is 17.8. The Hall–Kier alpha value is -1.55. The minimum Gasteiger partial charge on any atom is -0.484 e. The second-order valence-electron chi connectivity index (χ2n) is 7.22. The molecule has 0 atom stereocenters. The van der Waals surface area contributed by atoms with Crippen molar-refractivity contribution in [1.29, 1.82) is 0 Å². The predicted molar refractivity (Wildman–Crippen MR) is 127 cm³/mol. The third kappa shape index (κ3) is 11.3. The number of aliphatic imine (C=N–C) groups is 1. The van der Waals surface area contributed by atoms with Crippen LogP contribution in [0.25, 0.3) is 0 Å². The van der Waals surface area contributed by atoms with E-state index < -0.39 is 0 Å². The summed E-state index contributed by atoms with van der Waals surface area (Å²) < 4.78 is 11.2. The van der Waals surface area contributed by atoms with E-state index >= 15 is 0 Å². The molecule has 1 aliphatic rings. The molecule has 7 nitrogen and oxygen atoms in total. The van der Waals surface area contributed by atoms with E-state index in [-0.39, 0.29) is 36.5 Å². The number of amides is 1. The topological polar surface area (TPSA) is 75.2 Å². The molecular weight excluding hydrogens is 483 g/mol. The number of benzene rings is 1. The van der Waals surface area contributed by atoms with Gasteiger partial charge in [-0.05, 0) is 49.8 Å². The number of nitrogens with one attached hydrogen (secondary N) is 2. The Morgan fingerprint density at radius 3 is 2.76 bits per heavy atom. The summed E-state index contributed by atoms with van der Waals surface area (Å²) in [6.45, 7) is 5.94. The van der Waals surface area contributed by atoms with Crippen LogP contribution in [-0.2, 0) is 16.1 Å². The van der Waals surface area contributed by atoms with Gasteiger partial charge in [-0.3, -0.25) is 4.79 Å². The lowest BCUT2D eigenvalue weighted by molar-refractivity contribution is -0.130. The maximum absolute atomic E-state index is 11.6. The van der Waals surface area contributed by atoms with Crippen molar-refractivity contribution in [1.82, 2.24) is 15.5 Å². The van der Waals surface area contributed by atoms with Crippen LogP contribution in [0.2, 0.25) is 0 Å². The quantitative estimate of drug-likeness (QED) is 0.193. The summed E-state index contributed by atoms with van der Waals surface area (Å²) in [5.41, 5.74) is 1.03. The van der Waals surface area contributed by atoms with E-state index in [1.165, 1.54) is 17.7 Å². The molecule has 1 aliphatic carbocycles. The van der Waals surface area contributed by atoms with E-state index in [4.69, 9.17) is 9.47 Å². The van der Waals surface area contributed by atoms with E-state index in [1.807, 2.05) is 31.2 Å². The Morgan fingerprint density at radius 1 is 1.28 bits per heavy atom. The molecule has 0 unspecified atom stereocenters. The highest BCUT2D eigenvalue weighted by molar-refractivity contribution is 14.0. The van der Waals surface area contributed by atoms with E-state index in [0.717, 1.165) is 50.2 Å². The first-order chi connectivity index (χ1) is 13.6. The number of carbonyl (C=O) groups excluding carboxylic acids is 1. The number of hydrogen-bond donors (Lipinski definition) is 2. The minimum atomic E-state index is -0.0665. The number of nitrogens with zero attached hydrogens (tertiary/aromatic N) is 2. The van der Waals surface area contributed by atoms with Crippen LogP contribution in [0.15, 0.2) is 29.3 Å². The van der Waals surface area contributed by atoms with Crippen molar-refractivity contribution in [3.05, 3.63) is 29.8 Å². The molecule has 164 valence electrons. The Bertz CT molecular complexity index is 636. The van der Waals surface area contributed by atoms with Gasteiger partial charge in [0, 0.05) is 40.4 Å². The maximum Gasteiger partial charge on any atom is 0.259 e. The van der Waals surface area contributed by atoms with E-state index in [2.05, 4.69) is 15.6 Å². The largest absolute Gasteiger partial charge is 0.484 e. The smallest absolute Gasteiger partial charge is 0.259 e. The molecule has 1 fully saturated rings. The lowest BCUT2D eigenvalue weighted by Crippen LogP contribution is -2.38. The molecular formula is C21H35IN4O3. The molecule has 0 aliphatic heterocycles. The lowest BCUT2D eigenvalue weighted by atomic mass is 10.2. The fourth-order valence-electron chi connectivity index (χ4n) is 2.44. The Labute approximate surface area is 191 Å². The normalized spacial score (nSPS) is 13.4. The number of guanidine groups is 1. The average Bonchev–Trinajstić information content (AvgIpc) is 3.51. The maximum atomic E-state index is 11.6. The Morgan fingerprint density at radius 2 is 2.07 bits per heavy atom. The third-order valence-electron chi connectivity index (χ3n) is 4.33. The van der Waals surface area contributed by atoms with E-state index in [0.29, 0.717) is 12.3 Å². The van der Waals surface area contributed by atoms with Crippen molar-refractivity contribution < 1.29 is 14.3 Å². The summed E-state index contributed by atoms with van der Waals surface area (Å²) in [6.07, 6.45) is 3.61. The van der Waals surface area contributed by atoms with Crippen LogP contribution in [0.1, 0.15) is 31.7 Å². The van der Waals surface area contributed by atoms with E-state index in [9.17, 15) is 4.79 Å². The van der Waals surface area contributed by atoms with Gasteiger partial charge in [-0.25, -0.2) is 4.99 Å². The molecule has 0 heterocycles. The van der Waals surface area contributed by atoms with Crippen LogP contribution in [0.3, 0.4) is 0 Å². The fourth-order valence-corrected chi connectivity index (χ4v) is 2.44. The zero-order chi connectivity index (χ0) is 20.2. The van der Waals surface area contributed by atoms with Gasteiger partial charge >= 0.3 is 0 Å². The molecule has 0 radical (unpaired) electrons. The van der Waals surface area contributed by atoms with E-state index in [1.54, 1.807) is 14.1 Å². The summed E-state index contributed by atoms with van der Waals surface area (Å²) in [7, 11) is 3.43. The first-order valence-corrected chi connectivity index (χ1v) is 10.1. The van der Waals surface area contributed by atoms with Crippen molar-refractivity contribution in [2.24, 2.45) is 10.9 Å². The van der Waals surface area contributed by atoms with Gasteiger partial charge in [0.1, 0.15) is 5.75 Å². The number of carbonyl (C=O) groups is 1. The van der Waals surface area contributed by atoms with Crippen LogP contribution in [0.5, 0.6) is 5.75 Å². The molecule has 1 aromatic rings. The molecule has 1 saturated carbocycles. The minimum absolute atomic E-state index is 0. The summed E-state index contributed by atoms with van der Waals surface area (Å²) in [4.78, 5) is 17.8. The molecule has 1 amide bonds.